The van der Waals surface area contributed by atoms with Crippen LogP contribution in [0.3, 0.4) is 0 Å². The fraction of sp³-hybridized carbons (Fsp3) is 0.278. The zero-order chi connectivity index (χ0) is 14.5. The Balaban J connectivity index is 1.67. The highest BCUT2D eigenvalue weighted by Gasteiger charge is 2.11. The Hall–Kier alpha value is -2.29. The van der Waals surface area contributed by atoms with Gasteiger partial charge in [0.25, 0.3) is 0 Å². The summed E-state index contributed by atoms with van der Waals surface area (Å²) in [7, 11) is 1.67. The monoisotopic (exact) mass is 280 g/mol. The van der Waals surface area contributed by atoms with Crippen LogP contribution in [0.1, 0.15) is 18.4 Å². The number of anilines is 1. The molecule has 0 N–H and O–H groups in total. The molecule has 21 heavy (non-hydrogen) atoms. The molecular formula is C18H20N2O. The molecule has 0 unspecified atom stereocenters. The first-order valence-electron chi connectivity index (χ1n) is 7.38. The van der Waals surface area contributed by atoms with Gasteiger partial charge in [-0.3, -0.25) is 4.99 Å². The lowest BCUT2D eigenvalue weighted by atomic mass is 10.2. The van der Waals surface area contributed by atoms with Crippen molar-refractivity contribution in [2.75, 3.05) is 25.1 Å². The minimum absolute atomic E-state index is 0.851. The zero-order valence-corrected chi connectivity index (χ0v) is 12.3. The Morgan fingerprint density at radius 3 is 2.24 bits per heavy atom. The van der Waals surface area contributed by atoms with E-state index in [9.17, 15) is 0 Å². The van der Waals surface area contributed by atoms with Gasteiger partial charge >= 0.3 is 0 Å². The second kappa shape index (κ2) is 6.44. The number of ether oxygens (including phenoxy) is 1. The Morgan fingerprint density at radius 2 is 1.62 bits per heavy atom. The highest BCUT2D eigenvalue weighted by atomic mass is 16.5. The number of hydrogen-bond donors (Lipinski definition) is 0. The van der Waals surface area contributed by atoms with Gasteiger partial charge in [0, 0.05) is 25.0 Å². The fourth-order valence-corrected chi connectivity index (χ4v) is 2.56. The van der Waals surface area contributed by atoms with E-state index in [2.05, 4.69) is 34.2 Å². The molecule has 0 amide bonds. The van der Waals surface area contributed by atoms with E-state index in [0.717, 1.165) is 17.0 Å². The minimum atomic E-state index is 0.851. The molecule has 0 aliphatic carbocycles. The third-order valence-electron chi connectivity index (χ3n) is 3.80. The van der Waals surface area contributed by atoms with Crippen molar-refractivity contribution < 1.29 is 4.74 Å². The van der Waals surface area contributed by atoms with Crippen LogP contribution in [0.5, 0.6) is 5.75 Å². The molecule has 1 aliphatic heterocycles. The van der Waals surface area contributed by atoms with E-state index < -0.39 is 0 Å². The SMILES string of the molecule is COc1ccc(N=Cc2ccc(N3CCCC3)cc2)cc1. The van der Waals surface area contributed by atoms with Crippen LogP contribution in [0.25, 0.3) is 0 Å². The molecule has 0 bridgehead atoms. The highest BCUT2D eigenvalue weighted by molar-refractivity contribution is 5.82. The van der Waals surface area contributed by atoms with Crippen LogP contribution < -0.4 is 9.64 Å². The molecule has 3 nitrogen and oxygen atoms in total. The summed E-state index contributed by atoms with van der Waals surface area (Å²) in [6.45, 7) is 2.36. The van der Waals surface area contributed by atoms with Gasteiger partial charge in [0.2, 0.25) is 0 Å². The predicted molar refractivity (Wildman–Crippen MR) is 88.1 cm³/mol. The number of aliphatic imine (C=N–C) groups is 1. The molecule has 1 saturated heterocycles. The van der Waals surface area contributed by atoms with Crippen molar-refractivity contribution >= 4 is 17.6 Å². The standard InChI is InChI=1S/C18H20N2O/c1-21-18-10-6-16(7-11-18)19-14-15-4-8-17(9-5-15)20-12-2-3-13-20/h4-11,14H,2-3,12-13H2,1H3. The molecule has 0 atom stereocenters. The number of benzene rings is 2. The smallest absolute Gasteiger partial charge is 0.119 e. The van der Waals surface area contributed by atoms with Gasteiger partial charge in [-0.15, -0.1) is 0 Å². The molecule has 1 fully saturated rings. The Kier molecular flexibility index (Phi) is 4.20. The lowest BCUT2D eigenvalue weighted by molar-refractivity contribution is 0.415. The van der Waals surface area contributed by atoms with E-state index in [4.69, 9.17) is 4.74 Å². The van der Waals surface area contributed by atoms with E-state index in [1.165, 1.54) is 31.6 Å². The van der Waals surface area contributed by atoms with Crippen molar-refractivity contribution in [3.8, 4) is 5.75 Å². The van der Waals surface area contributed by atoms with Gasteiger partial charge in [0.05, 0.1) is 12.8 Å². The van der Waals surface area contributed by atoms with Crippen molar-refractivity contribution in [1.29, 1.82) is 0 Å². The molecule has 3 rings (SSSR count). The third-order valence-corrected chi connectivity index (χ3v) is 3.80. The molecular weight excluding hydrogens is 260 g/mol. The quantitative estimate of drug-likeness (QED) is 0.789. The Morgan fingerprint density at radius 1 is 0.952 bits per heavy atom. The maximum atomic E-state index is 5.14. The second-order valence-electron chi connectivity index (χ2n) is 5.24. The van der Waals surface area contributed by atoms with Crippen LogP contribution in [0.15, 0.2) is 53.5 Å². The lowest BCUT2D eigenvalue weighted by Crippen LogP contribution is -2.17. The average Bonchev–Trinajstić information content (AvgIpc) is 3.08. The molecule has 3 heteroatoms. The van der Waals surface area contributed by atoms with Crippen molar-refractivity contribution in [3.05, 3.63) is 54.1 Å². The summed E-state index contributed by atoms with van der Waals surface area (Å²) >= 11 is 0. The molecule has 1 aliphatic rings. The minimum Gasteiger partial charge on any atom is -0.497 e. The largest absolute Gasteiger partial charge is 0.497 e. The van der Waals surface area contributed by atoms with Crippen molar-refractivity contribution in [3.63, 3.8) is 0 Å². The zero-order valence-electron chi connectivity index (χ0n) is 12.3. The second-order valence-corrected chi connectivity index (χ2v) is 5.24. The van der Waals surface area contributed by atoms with Crippen LogP contribution >= 0.6 is 0 Å². The summed E-state index contributed by atoms with van der Waals surface area (Å²) in [5.74, 6) is 0.851. The number of nitrogens with zero attached hydrogens (tertiary/aromatic N) is 2. The number of rotatable bonds is 4. The summed E-state index contributed by atoms with van der Waals surface area (Å²) < 4.78 is 5.14. The van der Waals surface area contributed by atoms with Gasteiger partial charge in [0.1, 0.15) is 5.75 Å². The Bertz CT molecular complexity index is 596. The third kappa shape index (κ3) is 3.43. The first kappa shape index (κ1) is 13.7. The van der Waals surface area contributed by atoms with Crippen molar-refractivity contribution in [2.24, 2.45) is 4.99 Å². The maximum Gasteiger partial charge on any atom is 0.119 e. The molecule has 0 radical (unpaired) electrons. The summed E-state index contributed by atoms with van der Waals surface area (Å²) in [6, 6.07) is 16.4. The Labute approximate surface area is 125 Å². The van der Waals surface area contributed by atoms with Gasteiger partial charge in [-0.25, -0.2) is 0 Å². The van der Waals surface area contributed by atoms with Crippen LogP contribution in [0.4, 0.5) is 11.4 Å². The maximum absolute atomic E-state index is 5.14. The van der Waals surface area contributed by atoms with Crippen LogP contribution in [-0.4, -0.2) is 26.4 Å². The van der Waals surface area contributed by atoms with Crippen molar-refractivity contribution in [2.45, 2.75) is 12.8 Å². The molecule has 1 heterocycles. The normalized spacial score (nSPS) is 14.8. The average molecular weight is 280 g/mol. The van der Waals surface area contributed by atoms with E-state index in [1.807, 2.05) is 30.5 Å². The van der Waals surface area contributed by atoms with Gasteiger partial charge in [0.15, 0.2) is 0 Å². The predicted octanol–water partition coefficient (Wildman–Crippen LogP) is 4.05. The molecule has 0 spiro atoms. The number of hydrogen-bond acceptors (Lipinski definition) is 3. The highest BCUT2D eigenvalue weighted by Crippen LogP contribution is 2.21. The van der Waals surface area contributed by atoms with Crippen LogP contribution in [0, 0.1) is 0 Å². The molecule has 0 aromatic heterocycles. The number of methoxy groups -OCH3 is 1. The molecule has 2 aromatic carbocycles. The van der Waals surface area contributed by atoms with Crippen LogP contribution in [0.2, 0.25) is 0 Å². The van der Waals surface area contributed by atoms with E-state index in [-0.39, 0.29) is 0 Å². The fourth-order valence-electron chi connectivity index (χ4n) is 2.56. The van der Waals surface area contributed by atoms with Gasteiger partial charge < -0.3 is 9.64 Å². The van der Waals surface area contributed by atoms with Gasteiger partial charge in [-0.2, -0.15) is 0 Å². The topological polar surface area (TPSA) is 24.8 Å². The summed E-state index contributed by atoms with van der Waals surface area (Å²) in [5, 5.41) is 0. The first-order chi connectivity index (χ1) is 10.3. The lowest BCUT2D eigenvalue weighted by Gasteiger charge is -2.17. The van der Waals surface area contributed by atoms with E-state index >= 15 is 0 Å². The summed E-state index contributed by atoms with van der Waals surface area (Å²) in [4.78, 5) is 6.92. The molecule has 0 saturated carbocycles. The summed E-state index contributed by atoms with van der Waals surface area (Å²) in [6.07, 6.45) is 4.51. The van der Waals surface area contributed by atoms with Gasteiger partial charge in [-0.05, 0) is 54.8 Å². The summed E-state index contributed by atoms with van der Waals surface area (Å²) in [5.41, 5.74) is 3.36. The molecule has 2 aromatic rings. The first-order valence-corrected chi connectivity index (χ1v) is 7.38. The van der Waals surface area contributed by atoms with Gasteiger partial charge in [-0.1, -0.05) is 12.1 Å². The van der Waals surface area contributed by atoms with E-state index in [1.54, 1.807) is 7.11 Å². The van der Waals surface area contributed by atoms with Crippen LogP contribution in [-0.2, 0) is 0 Å². The van der Waals surface area contributed by atoms with Crippen molar-refractivity contribution in [1.82, 2.24) is 0 Å². The van der Waals surface area contributed by atoms with E-state index in [0.29, 0.717) is 0 Å². The molecule has 108 valence electrons.